The topological polar surface area (TPSA) is 68.9 Å². The summed E-state index contributed by atoms with van der Waals surface area (Å²) in [6.07, 6.45) is 0. The first-order chi connectivity index (χ1) is 7.68. The Morgan fingerprint density at radius 3 is 2.56 bits per heavy atom. The van der Waals surface area contributed by atoms with Gasteiger partial charge in [-0.15, -0.1) is 10.2 Å². The van der Waals surface area contributed by atoms with E-state index in [9.17, 15) is 4.79 Å². The number of anilines is 1. The van der Waals surface area contributed by atoms with Crippen molar-refractivity contribution in [1.29, 1.82) is 0 Å². The number of carbonyl (C=O) groups is 1. The lowest BCUT2D eigenvalue weighted by Gasteiger charge is -2.02. The van der Waals surface area contributed by atoms with Gasteiger partial charge in [0.2, 0.25) is 0 Å². The summed E-state index contributed by atoms with van der Waals surface area (Å²) in [6, 6.07) is 10.2. The molecule has 0 unspecified atom stereocenters. The summed E-state index contributed by atoms with van der Waals surface area (Å²) in [7, 11) is 0. The molecule has 0 fully saturated rings. The molecule has 0 radical (unpaired) electrons. The second-order valence-corrected chi connectivity index (χ2v) is 3.53. The van der Waals surface area contributed by atoms with Crippen LogP contribution in [0.4, 0.5) is 5.82 Å². The fourth-order valence-corrected chi connectivity index (χ4v) is 1.47. The monoisotopic (exact) mass is 233 g/mol. The van der Waals surface area contributed by atoms with E-state index in [1.807, 2.05) is 6.07 Å². The first-order valence-corrected chi connectivity index (χ1v) is 4.94. The Labute approximate surface area is 97.1 Å². The molecule has 2 N–H and O–H groups in total. The molecule has 5 heteroatoms. The van der Waals surface area contributed by atoms with Gasteiger partial charge in [0.25, 0.3) is 0 Å². The lowest BCUT2D eigenvalue weighted by molar-refractivity contribution is 0.103. The lowest BCUT2D eigenvalue weighted by Crippen LogP contribution is -2.05. The van der Waals surface area contributed by atoms with Gasteiger partial charge in [0.15, 0.2) is 10.9 Å². The summed E-state index contributed by atoms with van der Waals surface area (Å²) in [5.74, 6) is -0.0455. The number of carbonyl (C=O) groups excluding carboxylic acids is 1. The van der Waals surface area contributed by atoms with Gasteiger partial charge in [0.05, 0.1) is 5.56 Å². The van der Waals surface area contributed by atoms with Crippen LogP contribution in [0.5, 0.6) is 0 Å². The zero-order chi connectivity index (χ0) is 11.5. The molecule has 1 heterocycles. The minimum Gasteiger partial charge on any atom is -0.382 e. The Morgan fingerprint density at radius 1 is 1.19 bits per heavy atom. The molecule has 80 valence electrons. The second kappa shape index (κ2) is 4.28. The number of hydrogen-bond acceptors (Lipinski definition) is 4. The van der Waals surface area contributed by atoms with E-state index in [-0.39, 0.29) is 22.3 Å². The van der Waals surface area contributed by atoms with Gasteiger partial charge in [0, 0.05) is 5.56 Å². The van der Waals surface area contributed by atoms with Crippen molar-refractivity contribution in [3.8, 4) is 0 Å². The zero-order valence-electron chi connectivity index (χ0n) is 8.22. The van der Waals surface area contributed by atoms with Crippen molar-refractivity contribution < 1.29 is 4.79 Å². The highest BCUT2D eigenvalue weighted by Crippen LogP contribution is 2.17. The maximum atomic E-state index is 12.0. The summed E-state index contributed by atoms with van der Waals surface area (Å²) in [6.45, 7) is 0. The van der Waals surface area contributed by atoms with Crippen molar-refractivity contribution in [2.45, 2.75) is 0 Å². The Balaban J connectivity index is 2.46. The quantitative estimate of drug-likeness (QED) is 0.805. The maximum Gasteiger partial charge on any atom is 0.196 e. The van der Waals surface area contributed by atoms with E-state index in [1.54, 1.807) is 24.3 Å². The highest BCUT2D eigenvalue weighted by atomic mass is 35.5. The molecule has 0 aliphatic heterocycles. The van der Waals surface area contributed by atoms with Crippen LogP contribution in [0.25, 0.3) is 0 Å². The average Bonchev–Trinajstić information content (AvgIpc) is 2.32. The number of benzene rings is 1. The number of nitrogen functional groups attached to an aromatic ring is 1. The standard InChI is InChI=1S/C11H8ClN3O/c12-11-8(6-9(13)14-15-11)10(16)7-4-2-1-3-5-7/h1-6H,(H2,13,14). The SMILES string of the molecule is Nc1cc(C(=O)c2ccccc2)c(Cl)nn1. The molecule has 16 heavy (non-hydrogen) atoms. The van der Waals surface area contributed by atoms with Crippen LogP contribution in [0.15, 0.2) is 36.4 Å². The Bertz CT molecular complexity index is 528. The molecule has 0 aliphatic carbocycles. The number of ketones is 1. The van der Waals surface area contributed by atoms with Crippen molar-refractivity contribution >= 4 is 23.2 Å². The first kappa shape index (κ1) is 10.6. The van der Waals surface area contributed by atoms with Crippen LogP contribution in [0.1, 0.15) is 15.9 Å². The summed E-state index contributed by atoms with van der Waals surface area (Å²) in [5, 5.41) is 7.21. The minimum absolute atomic E-state index is 0.0584. The molecule has 0 aliphatic rings. The van der Waals surface area contributed by atoms with Gasteiger partial charge >= 0.3 is 0 Å². The van der Waals surface area contributed by atoms with Gasteiger partial charge in [-0.3, -0.25) is 4.79 Å². The molecule has 1 aromatic carbocycles. The fraction of sp³-hybridized carbons (Fsp3) is 0. The minimum atomic E-state index is -0.216. The number of aromatic nitrogens is 2. The molecule has 0 bridgehead atoms. The highest BCUT2D eigenvalue weighted by Gasteiger charge is 2.14. The van der Waals surface area contributed by atoms with Gasteiger partial charge in [-0.1, -0.05) is 41.9 Å². The lowest BCUT2D eigenvalue weighted by atomic mass is 10.1. The molecule has 1 aromatic heterocycles. The van der Waals surface area contributed by atoms with Crippen molar-refractivity contribution in [3.63, 3.8) is 0 Å². The average molecular weight is 234 g/mol. The van der Waals surface area contributed by atoms with E-state index >= 15 is 0 Å². The maximum absolute atomic E-state index is 12.0. The molecular weight excluding hydrogens is 226 g/mol. The third kappa shape index (κ3) is 2.01. The summed E-state index contributed by atoms with van der Waals surface area (Å²) < 4.78 is 0. The molecule has 0 atom stereocenters. The molecule has 0 amide bonds. The number of halogens is 1. The van der Waals surface area contributed by atoms with Gasteiger partial charge in [0.1, 0.15) is 5.82 Å². The van der Waals surface area contributed by atoms with Crippen LogP contribution >= 0.6 is 11.6 Å². The van der Waals surface area contributed by atoms with Crippen LogP contribution in [0.3, 0.4) is 0 Å². The third-order valence-electron chi connectivity index (χ3n) is 2.05. The zero-order valence-corrected chi connectivity index (χ0v) is 8.98. The van der Waals surface area contributed by atoms with E-state index in [0.717, 1.165) is 0 Å². The normalized spacial score (nSPS) is 10.1. The van der Waals surface area contributed by atoms with Gasteiger partial charge in [-0.05, 0) is 6.07 Å². The van der Waals surface area contributed by atoms with Crippen molar-refractivity contribution in [1.82, 2.24) is 10.2 Å². The largest absolute Gasteiger partial charge is 0.382 e. The smallest absolute Gasteiger partial charge is 0.196 e. The molecule has 0 saturated heterocycles. The van der Waals surface area contributed by atoms with E-state index in [1.165, 1.54) is 6.07 Å². The van der Waals surface area contributed by atoms with Crippen molar-refractivity contribution in [3.05, 3.63) is 52.7 Å². The third-order valence-corrected chi connectivity index (χ3v) is 2.33. The highest BCUT2D eigenvalue weighted by molar-refractivity contribution is 6.33. The van der Waals surface area contributed by atoms with Crippen molar-refractivity contribution in [2.75, 3.05) is 5.73 Å². The molecule has 4 nitrogen and oxygen atoms in total. The molecule has 0 saturated carbocycles. The van der Waals surface area contributed by atoms with Crippen LogP contribution in [0, 0.1) is 0 Å². The predicted molar refractivity (Wildman–Crippen MR) is 61.3 cm³/mol. The number of rotatable bonds is 2. The number of hydrogen-bond donors (Lipinski definition) is 1. The Morgan fingerprint density at radius 2 is 1.88 bits per heavy atom. The van der Waals surface area contributed by atoms with E-state index < -0.39 is 0 Å². The molecule has 2 aromatic rings. The number of nitrogens with two attached hydrogens (primary N) is 1. The van der Waals surface area contributed by atoms with Crippen LogP contribution in [-0.2, 0) is 0 Å². The van der Waals surface area contributed by atoms with Crippen molar-refractivity contribution in [2.24, 2.45) is 0 Å². The van der Waals surface area contributed by atoms with Gasteiger partial charge in [-0.2, -0.15) is 0 Å². The molecule has 0 spiro atoms. The van der Waals surface area contributed by atoms with Gasteiger partial charge < -0.3 is 5.73 Å². The van der Waals surface area contributed by atoms with Gasteiger partial charge in [-0.25, -0.2) is 0 Å². The predicted octanol–water partition coefficient (Wildman–Crippen LogP) is 1.94. The number of nitrogens with zero attached hydrogens (tertiary/aromatic N) is 2. The van der Waals surface area contributed by atoms with Crippen LogP contribution in [-0.4, -0.2) is 16.0 Å². The Hall–Kier alpha value is -1.94. The summed E-state index contributed by atoms with van der Waals surface area (Å²) in [4.78, 5) is 12.0. The van der Waals surface area contributed by atoms with Crippen LogP contribution < -0.4 is 5.73 Å². The molecular formula is C11H8ClN3O. The van der Waals surface area contributed by atoms with E-state index in [2.05, 4.69) is 10.2 Å². The summed E-state index contributed by atoms with van der Waals surface area (Å²) in [5.41, 5.74) is 6.26. The van der Waals surface area contributed by atoms with Crippen LogP contribution in [0.2, 0.25) is 5.15 Å². The van der Waals surface area contributed by atoms with E-state index in [4.69, 9.17) is 17.3 Å². The second-order valence-electron chi connectivity index (χ2n) is 3.17. The Kier molecular flexibility index (Phi) is 2.83. The summed E-state index contributed by atoms with van der Waals surface area (Å²) >= 11 is 5.79. The molecule has 2 rings (SSSR count). The fourth-order valence-electron chi connectivity index (χ4n) is 1.30. The first-order valence-electron chi connectivity index (χ1n) is 4.57. The van der Waals surface area contributed by atoms with E-state index in [0.29, 0.717) is 5.56 Å².